The lowest BCUT2D eigenvalue weighted by molar-refractivity contribution is -0.432. The van der Waals surface area contributed by atoms with Crippen LogP contribution >= 0.6 is 12.0 Å². The first-order valence-electron chi connectivity index (χ1n) is 9.83. The second-order valence-electron chi connectivity index (χ2n) is 7.56. The number of aryl methyl sites for hydroxylation is 2. The molecule has 0 spiro atoms. The molecule has 7 nitrogen and oxygen atoms in total. The topological polar surface area (TPSA) is 89.8 Å². The van der Waals surface area contributed by atoms with Gasteiger partial charge in [-0.05, 0) is 47.9 Å². The third kappa shape index (κ3) is 3.21. The molecule has 8 heteroatoms. The Balaban J connectivity index is 1.75. The highest BCUT2D eigenvalue weighted by Gasteiger charge is 2.29. The van der Waals surface area contributed by atoms with E-state index in [0.29, 0.717) is 32.9 Å². The zero-order valence-corrected chi connectivity index (χ0v) is 18.0. The Morgan fingerprint density at radius 1 is 0.938 bits per heavy atom. The summed E-state index contributed by atoms with van der Waals surface area (Å²) in [5.74, 6) is -0.115. The van der Waals surface area contributed by atoms with Crippen LogP contribution in [-0.2, 0) is 16.4 Å². The van der Waals surface area contributed by atoms with Crippen LogP contribution in [0.5, 0.6) is 0 Å². The van der Waals surface area contributed by atoms with Gasteiger partial charge >= 0.3 is 0 Å². The van der Waals surface area contributed by atoms with E-state index in [0.717, 1.165) is 34.1 Å². The van der Waals surface area contributed by atoms with E-state index in [1.807, 2.05) is 49.4 Å². The third-order valence-corrected chi connectivity index (χ3v) is 6.31. The van der Waals surface area contributed by atoms with Crippen LogP contribution in [0.25, 0.3) is 22.0 Å². The van der Waals surface area contributed by atoms with Gasteiger partial charge in [0.05, 0.1) is 39.4 Å². The number of benzene rings is 3. The van der Waals surface area contributed by atoms with E-state index >= 15 is 0 Å². The van der Waals surface area contributed by atoms with Gasteiger partial charge in [-0.2, -0.15) is 0 Å². The first-order valence-corrected chi connectivity index (χ1v) is 10.6. The maximum atomic E-state index is 13.6. The van der Waals surface area contributed by atoms with Crippen molar-refractivity contribution in [2.45, 2.75) is 11.8 Å². The van der Waals surface area contributed by atoms with Crippen molar-refractivity contribution < 1.29 is 19.4 Å². The lowest BCUT2D eigenvalue weighted by Gasteiger charge is -2.24. The number of fused-ring (bicyclic) bond motifs is 2. The number of carbonyl (C=O) groups excluding carboxylic acids is 1. The average molecular weight is 446 g/mol. The molecule has 1 heterocycles. The van der Waals surface area contributed by atoms with Crippen molar-refractivity contribution in [1.29, 1.82) is 0 Å². The lowest BCUT2D eigenvalue weighted by Crippen LogP contribution is -2.21. The first-order chi connectivity index (χ1) is 15.5. The van der Waals surface area contributed by atoms with Gasteiger partial charge < -0.3 is 9.88 Å². The number of carbonyl (C=O) groups is 1. The molecular weight excluding hydrogens is 428 g/mol. The Kier molecular flexibility index (Phi) is 5.07. The summed E-state index contributed by atoms with van der Waals surface area (Å²) in [4.78, 5) is 26.9. The number of pyridine rings is 1. The molecule has 1 aliphatic carbocycles. The molecule has 32 heavy (non-hydrogen) atoms. The van der Waals surface area contributed by atoms with Crippen molar-refractivity contribution in [2.75, 3.05) is 5.32 Å². The number of nitrogens with one attached hydrogen (secondary N) is 1. The molecule has 160 valence electrons. The highest BCUT2D eigenvalue weighted by atomic mass is 32.2. The van der Waals surface area contributed by atoms with Crippen molar-refractivity contribution in [1.82, 2.24) is 4.57 Å². The van der Waals surface area contributed by atoms with Crippen LogP contribution in [0.1, 0.15) is 21.5 Å². The van der Waals surface area contributed by atoms with Crippen molar-refractivity contribution in [3.05, 3.63) is 87.7 Å². The predicted octanol–water partition coefficient (Wildman–Crippen LogP) is 5.23. The summed E-state index contributed by atoms with van der Waals surface area (Å²) >= 11 is 0.843. The van der Waals surface area contributed by atoms with Gasteiger partial charge in [0.1, 0.15) is 0 Å². The minimum absolute atomic E-state index is 0.115. The van der Waals surface area contributed by atoms with Gasteiger partial charge in [0.25, 0.3) is 5.56 Å². The van der Waals surface area contributed by atoms with Crippen LogP contribution in [-0.4, -0.2) is 15.6 Å². The maximum Gasteiger partial charge on any atom is 0.251 e. The molecule has 0 saturated carbocycles. The monoisotopic (exact) mass is 446 g/mol. The fourth-order valence-electron chi connectivity index (χ4n) is 4.16. The Morgan fingerprint density at radius 2 is 1.69 bits per heavy atom. The third-order valence-electron chi connectivity index (χ3n) is 5.66. The molecule has 0 saturated heterocycles. The van der Waals surface area contributed by atoms with Gasteiger partial charge in [0.2, 0.25) is 0 Å². The molecular formula is C24H18N2O5S. The molecule has 0 amide bonds. The molecule has 0 radical (unpaired) electrons. The summed E-state index contributed by atoms with van der Waals surface area (Å²) < 4.78 is 6.18. The smallest absolute Gasteiger partial charge is 0.251 e. The molecule has 2 N–H and O–H groups in total. The van der Waals surface area contributed by atoms with Crippen molar-refractivity contribution in [3.8, 4) is 11.1 Å². The minimum Gasteiger partial charge on any atom is -0.354 e. The van der Waals surface area contributed by atoms with Gasteiger partial charge in [-0.15, -0.1) is 4.33 Å². The van der Waals surface area contributed by atoms with Crippen molar-refractivity contribution in [2.24, 2.45) is 7.05 Å². The van der Waals surface area contributed by atoms with Gasteiger partial charge in [0, 0.05) is 24.1 Å². The largest absolute Gasteiger partial charge is 0.354 e. The Labute approximate surface area is 187 Å². The maximum absolute atomic E-state index is 13.6. The highest BCUT2D eigenvalue weighted by molar-refractivity contribution is 7.94. The molecule has 3 aromatic carbocycles. The number of nitrogens with zero attached hydrogens (tertiary/aromatic N) is 1. The van der Waals surface area contributed by atoms with Gasteiger partial charge in [-0.3, -0.25) is 9.59 Å². The van der Waals surface area contributed by atoms with E-state index in [4.69, 9.17) is 5.26 Å². The van der Waals surface area contributed by atoms with Crippen molar-refractivity contribution >= 4 is 40.1 Å². The fraction of sp³-hybridized carbons (Fsp3) is 0.0833. The van der Waals surface area contributed by atoms with Crippen LogP contribution in [0.15, 0.2) is 70.4 Å². The molecule has 5 rings (SSSR count). The van der Waals surface area contributed by atoms with Gasteiger partial charge in [-0.25, -0.2) is 5.26 Å². The highest BCUT2D eigenvalue weighted by Crippen LogP contribution is 2.42. The minimum atomic E-state index is -0.137. The van der Waals surface area contributed by atoms with E-state index in [1.54, 1.807) is 29.8 Å². The summed E-state index contributed by atoms with van der Waals surface area (Å²) in [6.45, 7) is 1.93. The Hall–Kier alpha value is -3.43. The number of aromatic nitrogens is 1. The van der Waals surface area contributed by atoms with Crippen LogP contribution in [0, 0.1) is 6.92 Å². The van der Waals surface area contributed by atoms with Gasteiger partial charge in [0.15, 0.2) is 5.78 Å². The average Bonchev–Trinajstić information content (AvgIpc) is 2.80. The lowest BCUT2D eigenvalue weighted by atomic mass is 9.83. The standard InChI is InChI=1S/C24H18N2O5S/c1-13-7-8-17(20(11-13)32-31-30-29)25-18-9-10-19-22-16(12-21(27)26(19)2)14-5-3-4-6-15(14)24(28)23(18)22/h3-12,25,29H,1-2H3. The van der Waals surface area contributed by atoms with Crippen LogP contribution in [0.2, 0.25) is 0 Å². The van der Waals surface area contributed by atoms with Crippen LogP contribution in [0.3, 0.4) is 0 Å². The van der Waals surface area contributed by atoms with E-state index in [9.17, 15) is 9.59 Å². The van der Waals surface area contributed by atoms with Crippen molar-refractivity contribution in [3.63, 3.8) is 0 Å². The normalized spacial score (nSPS) is 12.2. The SMILES string of the molecule is Cc1ccc(Nc2ccc3c4c(cc(=O)n3C)-c3ccccc3C(=O)c24)c(SOOO)c1. The Bertz CT molecular complexity index is 1460. The molecule has 4 aromatic rings. The molecule has 0 aliphatic heterocycles. The van der Waals surface area contributed by atoms with E-state index < -0.39 is 0 Å². The van der Waals surface area contributed by atoms with Crippen LogP contribution < -0.4 is 10.9 Å². The molecule has 0 unspecified atom stereocenters. The van der Waals surface area contributed by atoms with Crippen LogP contribution in [0.4, 0.5) is 11.4 Å². The molecule has 1 aromatic heterocycles. The summed E-state index contributed by atoms with van der Waals surface area (Å²) in [6.07, 6.45) is 0. The summed E-state index contributed by atoms with van der Waals surface area (Å²) in [7, 11) is 1.70. The number of anilines is 2. The fourth-order valence-corrected chi connectivity index (χ4v) is 4.70. The summed E-state index contributed by atoms with van der Waals surface area (Å²) in [5, 5.41) is 16.4. The number of hydrogen-bond acceptors (Lipinski definition) is 7. The summed E-state index contributed by atoms with van der Waals surface area (Å²) in [6, 6.07) is 18.2. The second kappa shape index (κ2) is 7.92. The van der Waals surface area contributed by atoms with E-state index in [-0.39, 0.29) is 11.3 Å². The number of rotatable bonds is 5. The molecule has 0 bridgehead atoms. The number of hydrogen-bond donors (Lipinski definition) is 2. The van der Waals surface area contributed by atoms with Gasteiger partial charge in [-0.1, -0.05) is 35.4 Å². The second-order valence-corrected chi connectivity index (χ2v) is 8.31. The number of ketones is 1. The quantitative estimate of drug-likeness (QED) is 0.217. The predicted molar refractivity (Wildman–Crippen MR) is 123 cm³/mol. The Morgan fingerprint density at radius 3 is 2.47 bits per heavy atom. The zero-order valence-electron chi connectivity index (χ0n) is 17.2. The molecule has 0 atom stereocenters. The zero-order chi connectivity index (χ0) is 22.4. The molecule has 1 aliphatic rings. The summed E-state index contributed by atoms with van der Waals surface area (Å²) in [5.41, 5.74) is 5.37. The first kappa shape index (κ1) is 20.5. The van der Waals surface area contributed by atoms with E-state index in [2.05, 4.69) is 14.7 Å². The molecule has 0 fully saturated rings. The van der Waals surface area contributed by atoms with E-state index in [1.165, 1.54) is 0 Å².